The predicted octanol–water partition coefficient (Wildman–Crippen LogP) is 4.10. The molecule has 0 saturated carbocycles. The van der Waals surface area contributed by atoms with Gasteiger partial charge in [-0.1, -0.05) is 41.4 Å². The first-order valence-corrected chi connectivity index (χ1v) is 11.6. The average Bonchev–Trinajstić information content (AvgIpc) is 3.08. The fourth-order valence-electron chi connectivity index (χ4n) is 4.05. The van der Waals surface area contributed by atoms with Gasteiger partial charge in [0.05, 0.1) is 0 Å². The minimum absolute atomic E-state index is 0.0870. The molecule has 1 aliphatic heterocycles. The van der Waals surface area contributed by atoms with Gasteiger partial charge in [0.2, 0.25) is 5.91 Å². The van der Waals surface area contributed by atoms with Crippen LogP contribution in [0.25, 0.3) is 0 Å². The lowest BCUT2D eigenvalue weighted by molar-refractivity contribution is -0.132. The molecule has 2 N–H and O–H groups in total. The van der Waals surface area contributed by atoms with Crippen molar-refractivity contribution in [1.29, 1.82) is 0 Å². The van der Waals surface area contributed by atoms with Crippen LogP contribution in [0.15, 0.2) is 42.5 Å². The number of rotatable bonds is 9. The van der Waals surface area contributed by atoms with E-state index in [0.29, 0.717) is 35.2 Å². The number of benzene rings is 2. The van der Waals surface area contributed by atoms with Crippen LogP contribution in [0.1, 0.15) is 30.9 Å². The number of anilines is 1. The van der Waals surface area contributed by atoms with Crippen LogP contribution in [0.2, 0.25) is 10.0 Å². The summed E-state index contributed by atoms with van der Waals surface area (Å²) < 4.78 is 0. The number of hydrogen-bond acceptors (Lipinski definition) is 4. The number of imide groups is 1. The molecule has 3 rings (SSSR count). The number of likely N-dealkylation sites (N-methyl/N-ethyl adjacent to an activating group) is 2. The number of nitrogens with zero attached hydrogens (tertiary/aromatic N) is 2. The van der Waals surface area contributed by atoms with Crippen molar-refractivity contribution in [1.82, 2.24) is 15.5 Å². The molecule has 9 heteroatoms. The van der Waals surface area contributed by atoms with Gasteiger partial charge in [0.1, 0.15) is 5.54 Å². The molecule has 1 saturated heterocycles. The highest BCUT2D eigenvalue weighted by molar-refractivity contribution is 6.31. The van der Waals surface area contributed by atoms with Crippen molar-refractivity contribution in [2.45, 2.75) is 32.2 Å². The summed E-state index contributed by atoms with van der Waals surface area (Å²) in [4.78, 5) is 41.5. The Balaban J connectivity index is 1.67. The number of halogens is 2. The fourth-order valence-corrected chi connectivity index (χ4v) is 4.34. The second-order valence-corrected chi connectivity index (χ2v) is 9.02. The molecule has 1 heterocycles. The molecule has 1 atom stereocenters. The van der Waals surface area contributed by atoms with Gasteiger partial charge in [-0.15, -0.1) is 0 Å². The van der Waals surface area contributed by atoms with Crippen LogP contribution in [-0.2, 0) is 15.1 Å². The van der Waals surface area contributed by atoms with E-state index in [1.807, 2.05) is 39.1 Å². The van der Waals surface area contributed by atoms with Crippen LogP contribution in [0.5, 0.6) is 0 Å². The van der Waals surface area contributed by atoms with E-state index >= 15 is 0 Å². The second kappa shape index (κ2) is 10.4. The maximum Gasteiger partial charge on any atom is 0.322 e. The van der Waals surface area contributed by atoms with E-state index < -0.39 is 17.5 Å². The molecule has 2 aromatic carbocycles. The van der Waals surface area contributed by atoms with Crippen LogP contribution in [-0.4, -0.2) is 49.4 Å². The lowest BCUT2D eigenvalue weighted by atomic mass is 9.85. The van der Waals surface area contributed by atoms with Gasteiger partial charge < -0.3 is 15.1 Å². The molecule has 33 heavy (non-hydrogen) atoms. The lowest BCUT2D eigenvalue weighted by Gasteiger charge is -2.29. The molecular weight excluding hydrogens is 463 g/mol. The van der Waals surface area contributed by atoms with Crippen LogP contribution in [0, 0.1) is 6.92 Å². The Bertz CT molecular complexity index is 1040. The summed E-state index contributed by atoms with van der Waals surface area (Å²) in [5.74, 6) is -0.558. The number of hydrogen-bond donors (Lipinski definition) is 2. The van der Waals surface area contributed by atoms with Gasteiger partial charge in [-0.05, 0) is 55.7 Å². The zero-order valence-electron chi connectivity index (χ0n) is 19.0. The summed E-state index contributed by atoms with van der Waals surface area (Å²) in [7, 11) is 1.96. The van der Waals surface area contributed by atoms with Crippen LogP contribution >= 0.6 is 23.2 Å². The molecule has 0 spiro atoms. The molecule has 4 amide bonds. The number of amides is 4. The van der Waals surface area contributed by atoms with Crippen molar-refractivity contribution in [3.8, 4) is 0 Å². The topological polar surface area (TPSA) is 81.8 Å². The largest absolute Gasteiger partial charge is 0.373 e. The molecular formula is C24H28Cl2N4O3. The van der Waals surface area contributed by atoms with Crippen molar-refractivity contribution in [2.75, 3.05) is 31.6 Å². The van der Waals surface area contributed by atoms with Gasteiger partial charge >= 0.3 is 6.03 Å². The van der Waals surface area contributed by atoms with Gasteiger partial charge in [-0.2, -0.15) is 0 Å². The highest BCUT2D eigenvalue weighted by Gasteiger charge is 2.47. The molecule has 1 fully saturated rings. The van der Waals surface area contributed by atoms with Crippen molar-refractivity contribution in [3.63, 3.8) is 0 Å². The summed E-state index contributed by atoms with van der Waals surface area (Å²) in [6.45, 7) is 5.61. The number of nitrogens with one attached hydrogen (secondary N) is 2. The highest BCUT2D eigenvalue weighted by atomic mass is 35.5. The minimum Gasteiger partial charge on any atom is -0.373 e. The van der Waals surface area contributed by atoms with Crippen molar-refractivity contribution in [3.05, 3.63) is 63.6 Å². The molecule has 0 bridgehead atoms. The van der Waals surface area contributed by atoms with E-state index in [1.165, 1.54) is 0 Å². The Morgan fingerprint density at radius 1 is 1.03 bits per heavy atom. The molecule has 0 radical (unpaired) electrons. The molecule has 1 unspecified atom stereocenters. The zero-order valence-corrected chi connectivity index (χ0v) is 20.5. The van der Waals surface area contributed by atoms with Gasteiger partial charge in [-0.25, -0.2) is 4.79 Å². The average molecular weight is 491 g/mol. The van der Waals surface area contributed by atoms with Gasteiger partial charge in [0, 0.05) is 48.8 Å². The Kier molecular flexibility index (Phi) is 7.87. The van der Waals surface area contributed by atoms with Crippen molar-refractivity contribution < 1.29 is 14.4 Å². The SMILES string of the molecule is CCN(CCN(C)c1cc(Cl)ccc1C)C(=O)CCC1(c2ccc(Cl)cc2)NC(=O)NC1=O. The van der Waals surface area contributed by atoms with Crippen LogP contribution in [0.4, 0.5) is 10.5 Å². The van der Waals surface area contributed by atoms with Crippen molar-refractivity contribution in [2.24, 2.45) is 0 Å². The number of carbonyl (C=O) groups excluding carboxylic acids is 3. The standard InChI is InChI=1S/C24H28Cl2N4O3/c1-4-30(14-13-29(3)20-15-19(26)8-5-16(20)2)21(31)11-12-24(22(32)27-23(33)28-24)17-6-9-18(25)10-7-17/h5-10,15H,4,11-14H2,1-3H3,(H2,27,28,32,33). The number of urea groups is 1. The number of carbonyl (C=O) groups is 3. The third-order valence-corrected chi connectivity index (χ3v) is 6.50. The quantitative estimate of drug-likeness (QED) is 0.518. The summed E-state index contributed by atoms with van der Waals surface area (Å²) in [6, 6.07) is 11.8. The van der Waals surface area contributed by atoms with E-state index in [-0.39, 0.29) is 18.7 Å². The summed E-state index contributed by atoms with van der Waals surface area (Å²) in [6.07, 6.45) is 0.245. The van der Waals surface area contributed by atoms with Crippen LogP contribution in [0.3, 0.4) is 0 Å². The summed E-state index contributed by atoms with van der Waals surface area (Å²) in [5.41, 5.74) is 1.40. The van der Waals surface area contributed by atoms with Gasteiger partial charge in [0.15, 0.2) is 0 Å². The second-order valence-electron chi connectivity index (χ2n) is 8.15. The lowest BCUT2D eigenvalue weighted by Crippen LogP contribution is -2.45. The predicted molar refractivity (Wildman–Crippen MR) is 131 cm³/mol. The van der Waals surface area contributed by atoms with E-state index in [4.69, 9.17) is 23.2 Å². The number of aryl methyl sites for hydroxylation is 1. The Morgan fingerprint density at radius 2 is 1.70 bits per heavy atom. The molecule has 7 nitrogen and oxygen atoms in total. The Labute approximate surface area is 204 Å². The zero-order chi connectivity index (χ0) is 24.2. The van der Waals surface area contributed by atoms with E-state index in [1.54, 1.807) is 29.2 Å². The van der Waals surface area contributed by atoms with E-state index in [9.17, 15) is 14.4 Å². The molecule has 176 valence electrons. The normalized spacial score (nSPS) is 17.5. The van der Waals surface area contributed by atoms with E-state index in [0.717, 1.165) is 11.3 Å². The molecule has 0 aromatic heterocycles. The maximum absolute atomic E-state index is 13.0. The smallest absolute Gasteiger partial charge is 0.322 e. The minimum atomic E-state index is -1.30. The molecule has 2 aromatic rings. The first-order chi connectivity index (χ1) is 15.7. The Hall–Kier alpha value is -2.77. The fraction of sp³-hybridized carbons (Fsp3) is 0.375. The summed E-state index contributed by atoms with van der Waals surface area (Å²) in [5, 5.41) is 6.19. The van der Waals surface area contributed by atoms with E-state index in [2.05, 4.69) is 15.5 Å². The first kappa shape index (κ1) is 24.9. The molecule has 1 aliphatic rings. The van der Waals surface area contributed by atoms with Gasteiger partial charge in [0.25, 0.3) is 5.91 Å². The third kappa shape index (κ3) is 5.60. The highest BCUT2D eigenvalue weighted by Crippen LogP contribution is 2.31. The monoisotopic (exact) mass is 490 g/mol. The van der Waals surface area contributed by atoms with Crippen LogP contribution < -0.4 is 15.5 Å². The third-order valence-electron chi connectivity index (χ3n) is 6.01. The maximum atomic E-state index is 13.0. The van der Waals surface area contributed by atoms with Gasteiger partial charge in [-0.3, -0.25) is 14.9 Å². The Morgan fingerprint density at radius 3 is 2.30 bits per heavy atom. The first-order valence-electron chi connectivity index (χ1n) is 10.8. The molecule has 0 aliphatic carbocycles. The summed E-state index contributed by atoms with van der Waals surface area (Å²) >= 11 is 12.1. The van der Waals surface area contributed by atoms with Crippen molar-refractivity contribution >= 4 is 46.7 Å².